The number of benzene rings is 1. The van der Waals surface area contributed by atoms with Crippen LogP contribution in [0.5, 0.6) is 5.75 Å². The van der Waals surface area contributed by atoms with Gasteiger partial charge < -0.3 is 14.4 Å². The number of amides is 1. The summed E-state index contributed by atoms with van der Waals surface area (Å²) in [6.07, 6.45) is 5.84. The molecule has 7 heteroatoms. The molecule has 7 nitrogen and oxygen atoms in total. The fraction of sp³-hybridized carbons (Fsp3) is 0.476. The highest BCUT2D eigenvalue weighted by molar-refractivity contribution is 5.92. The van der Waals surface area contributed by atoms with Gasteiger partial charge in [-0.2, -0.15) is 5.10 Å². The Morgan fingerprint density at radius 3 is 2.50 bits per heavy atom. The molecule has 0 radical (unpaired) electrons. The summed E-state index contributed by atoms with van der Waals surface area (Å²) in [7, 11) is 3.24. The lowest BCUT2D eigenvalue weighted by atomic mass is 9.87. The van der Waals surface area contributed by atoms with E-state index in [0.29, 0.717) is 11.7 Å². The van der Waals surface area contributed by atoms with Crippen molar-refractivity contribution in [2.45, 2.75) is 38.6 Å². The summed E-state index contributed by atoms with van der Waals surface area (Å²) in [5.41, 5.74) is 0.843. The maximum absolute atomic E-state index is 12.5. The highest BCUT2D eigenvalue weighted by atomic mass is 16.5. The van der Waals surface area contributed by atoms with Crippen LogP contribution < -0.4 is 4.74 Å². The average molecular weight is 385 g/mol. The summed E-state index contributed by atoms with van der Waals surface area (Å²) >= 11 is 0. The molecular weight excluding hydrogens is 358 g/mol. The third kappa shape index (κ3) is 4.52. The lowest BCUT2D eigenvalue weighted by Crippen LogP contribution is -2.41. The molecule has 0 unspecified atom stereocenters. The van der Waals surface area contributed by atoms with E-state index in [2.05, 4.69) is 12.0 Å². The van der Waals surface area contributed by atoms with E-state index in [1.807, 2.05) is 30.3 Å². The molecule has 0 aliphatic heterocycles. The Morgan fingerprint density at radius 1 is 1.18 bits per heavy atom. The number of methoxy groups -OCH3 is 1. The van der Waals surface area contributed by atoms with Crippen LogP contribution in [-0.2, 0) is 9.53 Å². The van der Waals surface area contributed by atoms with Gasteiger partial charge in [0.2, 0.25) is 5.69 Å². The first kappa shape index (κ1) is 19.9. The molecule has 0 N–H and O–H groups in total. The molecule has 1 heterocycles. The molecule has 0 spiro atoms. The van der Waals surface area contributed by atoms with Crippen LogP contribution in [0.1, 0.15) is 43.1 Å². The van der Waals surface area contributed by atoms with Gasteiger partial charge in [-0.15, -0.1) is 0 Å². The van der Waals surface area contributed by atoms with Crippen molar-refractivity contribution in [2.24, 2.45) is 5.92 Å². The quantitative estimate of drug-likeness (QED) is 0.715. The number of likely N-dealkylation sites (N-methyl/N-ethyl adjacent to an activating group) is 1. The summed E-state index contributed by atoms with van der Waals surface area (Å²) in [5, 5.41) is 4.26. The van der Waals surface area contributed by atoms with Gasteiger partial charge >= 0.3 is 5.97 Å². The van der Waals surface area contributed by atoms with Crippen molar-refractivity contribution in [3.05, 3.63) is 42.2 Å². The van der Waals surface area contributed by atoms with Gasteiger partial charge in [-0.25, -0.2) is 9.48 Å². The summed E-state index contributed by atoms with van der Waals surface area (Å²) in [6.45, 7) is 1.94. The van der Waals surface area contributed by atoms with Gasteiger partial charge in [0.15, 0.2) is 12.4 Å². The largest absolute Gasteiger partial charge is 0.493 e. The summed E-state index contributed by atoms with van der Waals surface area (Å²) in [4.78, 5) is 26.6. The molecule has 2 aromatic rings. The number of ether oxygens (including phenoxy) is 2. The lowest BCUT2D eigenvalue weighted by molar-refractivity contribution is -0.136. The van der Waals surface area contributed by atoms with Gasteiger partial charge in [0.05, 0.1) is 19.0 Å². The zero-order valence-corrected chi connectivity index (χ0v) is 16.6. The van der Waals surface area contributed by atoms with Crippen molar-refractivity contribution in [1.82, 2.24) is 14.7 Å². The maximum atomic E-state index is 12.5. The fourth-order valence-corrected chi connectivity index (χ4v) is 3.49. The number of para-hydroxylation sites is 1. The van der Waals surface area contributed by atoms with Crippen LogP contribution in [0.2, 0.25) is 0 Å². The van der Waals surface area contributed by atoms with Crippen LogP contribution in [0.4, 0.5) is 0 Å². The fourth-order valence-electron chi connectivity index (χ4n) is 3.49. The number of carbonyl (C=O) groups is 2. The topological polar surface area (TPSA) is 73.7 Å². The van der Waals surface area contributed by atoms with Crippen molar-refractivity contribution >= 4 is 11.9 Å². The predicted molar refractivity (Wildman–Crippen MR) is 105 cm³/mol. The SMILES string of the molecule is COc1cn(-c2ccccc2)nc1C(=O)OCC(=O)N(C)C1CCC(C)CC1. The number of carbonyl (C=O) groups excluding carboxylic acids is 2. The van der Waals surface area contributed by atoms with Crippen LogP contribution in [0.15, 0.2) is 36.5 Å². The van der Waals surface area contributed by atoms with Gasteiger partial charge in [-0.1, -0.05) is 25.1 Å². The molecular formula is C21H27N3O4. The Kier molecular flexibility index (Phi) is 6.34. The third-order valence-corrected chi connectivity index (χ3v) is 5.37. The molecule has 0 bridgehead atoms. The summed E-state index contributed by atoms with van der Waals surface area (Å²) in [6, 6.07) is 9.60. The van der Waals surface area contributed by atoms with Gasteiger partial charge in [-0.05, 0) is 43.7 Å². The van der Waals surface area contributed by atoms with E-state index in [9.17, 15) is 9.59 Å². The van der Waals surface area contributed by atoms with Crippen LogP contribution in [-0.4, -0.2) is 53.4 Å². The normalized spacial score (nSPS) is 19.1. The van der Waals surface area contributed by atoms with Crippen molar-refractivity contribution in [2.75, 3.05) is 20.8 Å². The standard InChI is InChI=1S/C21H27N3O4/c1-15-9-11-16(12-10-15)23(2)19(25)14-28-21(26)20-18(27-3)13-24(22-20)17-7-5-4-6-8-17/h4-8,13,15-16H,9-12,14H2,1-3H3. The Hall–Kier alpha value is -2.83. The van der Waals surface area contributed by atoms with Crippen molar-refractivity contribution in [3.63, 3.8) is 0 Å². The van der Waals surface area contributed by atoms with Gasteiger partial charge in [0.1, 0.15) is 0 Å². The zero-order valence-electron chi connectivity index (χ0n) is 16.6. The number of nitrogens with zero attached hydrogens (tertiary/aromatic N) is 3. The van der Waals surface area contributed by atoms with E-state index in [4.69, 9.17) is 9.47 Å². The average Bonchev–Trinajstić information content (AvgIpc) is 3.17. The minimum absolute atomic E-state index is 0.0493. The number of hydrogen-bond acceptors (Lipinski definition) is 5. The zero-order chi connectivity index (χ0) is 20.1. The molecule has 28 heavy (non-hydrogen) atoms. The second-order valence-electron chi connectivity index (χ2n) is 7.32. The Labute approximate surface area is 165 Å². The molecule has 1 amide bonds. The second-order valence-corrected chi connectivity index (χ2v) is 7.32. The van der Waals surface area contributed by atoms with E-state index in [0.717, 1.165) is 31.4 Å². The van der Waals surface area contributed by atoms with Crippen molar-refractivity contribution in [1.29, 1.82) is 0 Å². The minimum Gasteiger partial charge on any atom is -0.493 e. The Morgan fingerprint density at radius 2 is 1.86 bits per heavy atom. The smallest absolute Gasteiger partial charge is 0.363 e. The van der Waals surface area contributed by atoms with E-state index < -0.39 is 5.97 Å². The maximum Gasteiger partial charge on any atom is 0.363 e. The van der Waals surface area contributed by atoms with E-state index in [1.165, 1.54) is 7.11 Å². The van der Waals surface area contributed by atoms with Crippen LogP contribution in [0.3, 0.4) is 0 Å². The van der Waals surface area contributed by atoms with E-state index in [-0.39, 0.29) is 24.2 Å². The number of esters is 1. The summed E-state index contributed by atoms with van der Waals surface area (Å²) < 4.78 is 12.0. The molecule has 1 aromatic carbocycles. The first-order chi connectivity index (χ1) is 13.5. The van der Waals surface area contributed by atoms with Crippen LogP contribution in [0, 0.1) is 5.92 Å². The van der Waals surface area contributed by atoms with E-state index in [1.54, 1.807) is 22.8 Å². The highest BCUT2D eigenvalue weighted by Gasteiger charge is 2.26. The van der Waals surface area contributed by atoms with E-state index >= 15 is 0 Å². The van der Waals surface area contributed by atoms with Gasteiger partial charge in [0.25, 0.3) is 5.91 Å². The number of rotatable bonds is 6. The molecule has 0 atom stereocenters. The first-order valence-electron chi connectivity index (χ1n) is 9.61. The monoisotopic (exact) mass is 385 g/mol. The van der Waals surface area contributed by atoms with Crippen LogP contribution in [0.25, 0.3) is 5.69 Å². The Bertz CT molecular complexity index is 810. The third-order valence-electron chi connectivity index (χ3n) is 5.37. The minimum atomic E-state index is -0.675. The van der Waals surface area contributed by atoms with Gasteiger partial charge in [0, 0.05) is 13.1 Å². The molecule has 3 rings (SSSR count). The van der Waals surface area contributed by atoms with Gasteiger partial charge in [-0.3, -0.25) is 4.79 Å². The molecule has 1 aliphatic rings. The predicted octanol–water partition coefficient (Wildman–Crippen LogP) is 3.07. The van der Waals surface area contributed by atoms with Crippen molar-refractivity contribution in [3.8, 4) is 11.4 Å². The summed E-state index contributed by atoms with van der Waals surface area (Å²) in [5.74, 6) is 0.139. The van der Waals surface area contributed by atoms with Crippen LogP contribution >= 0.6 is 0 Å². The van der Waals surface area contributed by atoms with Crippen molar-refractivity contribution < 1.29 is 19.1 Å². The highest BCUT2D eigenvalue weighted by Crippen LogP contribution is 2.26. The Balaban J connectivity index is 1.61. The molecule has 1 aromatic heterocycles. The number of aromatic nitrogens is 2. The molecule has 1 fully saturated rings. The lowest BCUT2D eigenvalue weighted by Gasteiger charge is -2.33. The molecule has 1 saturated carbocycles. The molecule has 1 aliphatic carbocycles. The second kappa shape index (κ2) is 8.91. The molecule has 150 valence electrons. The molecule has 0 saturated heterocycles. The number of hydrogen-bond donors (Lipinski definition) is 0. The first-order valence-corrected chi connectivity index (χ1v) is 9.61.